The Bertz CT molecular complexity index is 582. The van der Waals surface area contributed by atoms with Crippen LogP contribution in [-0.4, -0.2) is 21.0 Å². The van der Waals surface area contributed by atoms with Gasteiger partial charge in [0.25, 0.3) is 0 Å². The smallest absolute Gasteiger partial charge is 0.314 e. The van der Waals surface area contributed by atoms with Crippen LogP contribution in [-0.2, 0) is 10.2 Å². The number of nitrogens with one attached hydrogen (secondary N) is 1. The molecule has 1 fully saturated rings. The van der Waals surface area contributed by atoms with Crippen LogP contribution in [0.3, 0.4) is 0 Å². The number of H-pyrrole nitrogens is 1. The van der Waals surface area contributed by atoms with Crippen LogP contribution in [0.25, 0.3) is 11.0 Å². The van der Waals surface area contributed by atoms with Gasteiger partial charge in [-0.15, -0.1) is 0 Å². The number of imidazole rings is 1. The van der Waals surface area contributed by atoms with Crippen molar-refractivity contribution in [2.75, 3.05) is 0 Å². The molecule has 1 saturated carbocycles. The Morgan fingerprint density at radius 3 is 2.78 bits per heavy atom. The summed E-state index contributed by atoms with van der Waals surface area (Å²) in [6.45, 7) is 0. The second kappa shape index (κ2) is 4.12. The van der Waals surface area contributed by atoms with Crippen molar-refractivity contribution in [3.63, 3.8) is 0 Å². The molecule has 0 radical (unpaired) electrons. The van der Waals surface area contributed by atoms with Crippen LogP contribution in [0, 0.1) is 0 Å². The van der Waals surface area contributed by atoms with Crippen molar-refractivity contribution in [3.8, 4) is 0 Å². The van der Waals surface area contributed by atoms with E-state index in [0.717, 1.165) is 35.9 Å². The first-order chi connectivity index (χ1) is 8.74. The van der Waals surface area contributed by atoms with Crippen LogP contribution < -0.4 is 0 Å². The molecule has 1 aromatic carbocycles. The quantitative estimate of drug-likeness (QED) is 0.853. The molecule has 0 unspecified atom stereocenters. The van der Waals surface area contributed by atoms with E-state index in [1.54, 1.807) is 6.33 Å². The zero-order valence-electron chi connectivity index (χ0n) is 10.1. The zero-order valence-corrected chi connectivity index (χ0v) is 10.1. The Hall–Kier alpha value is -1.84. The number of hydrogen-bond acceptors (Lipinski definition) is 2. The minimum Gasteiger partial charge on any atom is -0.481 e. The van der Waals surface area contributed by atoms with E-state index in [9.17, 15) is 9.90 Å². The van der Waals surface area contributed by atoms with Gasteiger partial charge in [0, 0.05) is 0 Å². The van der Waals surface area contributed by atoms with E-state index in [2.05, 4.69) is 9.97 Å². The average Bonchev–Trinajstić information content (AvgIpc) is 2.87. The van der Waals surface area contributed by atoms with Crippen molar-refractivity contribution in [2.45, 2.75) is 37.5 Å². The second-order valence-electron chi connectivity index (χ2n) is 5.05. The van der Waals surface area contributed by atoms with Crippen molar-refractivity contribution < 1.29 is 9.90 Å². The topological polar surface area (TPSA) is 66.0 Å². The molecule has 2 aromatic rings. The standard InChI is InChI=1S/C14H16N2O2/c17-13(18)14(7-2-1-3-8-14)10-5-4-6-11-12(10)16-9-15-11/h4-6,9H,1-3,7-8H2,(H,15,16)(H,17,18). The summed E-state index contributed by atoms with van der Waals surface area (Å²) in [6.07, 6.45) is 6.15. The van der Waals surface area contributed by atoms with Crippen molar-refractivity contribution in [1.82, 2.24) is 9.97 Å². The number of nitrogens with zero attached hydrogens (tertiary/aromatic N) is 1. The molecule has 1 aliphatic carbocycles. The Kier molecular flexibility index (Phi) is 2.58. The van der Waals surface area contributed by atoms with Crippen LogP contribution in [0.4, 0.5) is 0 Å². The first-order valence-corrected chi connectivity index (χ1v) is 6.40. The Morgan fingerprint density at radius 1 is 1.28 bits per heavy atom. The molecule has 2 N–H and O–H groups in total. The van der Waals surface area contributed by atoms with Crippen molar-refractivity contribution in [1.29, 1.82) is 0 Å². The monoisotopic (exact) mass is 244 g/mol. The molecule has 94 valence electrons. The molecule has 1 heterocycles. The predicted molar refractivity (Wildman–Crippen MR) is 68.5 cm³/mol. The van der Waals surface area contributed by atoms with E-state index in [1.165, 1.54) is 0 Å². The fourth-order valence-electron chi connectivity index (χ4n) is 3.11. The number of hydrogen-bond donors (Lipinski definition) is 2. The third-order valence-corrected chi connectivity index (χ3v) is 4.08. The summed E-state index contributed by atoms with van der Waals surface area (Å²) < 4.78 is 0. The Labute approximate surface area is 105 Å². The maximum atomic E-state index is 11.8. The van der Waals surface area contributed by atoms with Gasteiger partial charge in [0.1, 0.15) is 0 Å². The highest BCUT2D eigenvalue weighted by molar-refractivity contribution is 5.89. The lowest BCUT2D eigenvalue weighted by Gasteiger charge is -2.33. The van der Waals surface area contributed by atoms with Gasteiger partial charge in [-0.3, -0.25) is 4.79 Å². The second-order valence-corrected chi connectivity index (χ2v) is 5.05. The molecule has 1 aromatic heterocycles. The van der Waals surface area contributed by atoms with E-state index >= 15 is 0 Å². The number of rotatable bonds is 2. The van der Waals surface area contributed by atoms with Gasteiger partial charge < -0.3 is 10.1 Å². The molecule has 4 nitrogen and oxygen atoms in total. The number of aromatic amines is 1. The lowest BCUT2D eigenvalue weighted by molar-refractivity contribution is -0.145. The highest BCUT2D eigenvalue weighted by Crippen LogP contribution is 2.41. The van der Waals surface area contributed by atoms with Crippen molar-refractivity contribution in [3.05, 3.63) is 30.1 Å². The van der Waals surface area contributed by atoms with E-state index in [4.69, 9.17) is 0 Å². The number of carboxylic acids is 1. The maximum Gasteiger partial charge on any atom is 0.314 e. The SMILES string of the molecule is O=C(O)C1(c2cccc3[nH]cnc23)CCCCC1. The third-order valence-electron chi connectivity index (χ3n) is 4.08. The van der Waals surface area contributed by atoms with Gasteiger partial charge in [0.15, 0.2) is 0 Å². The highest BCUT2D eigenvalue weighted by Gasteiger charge is 2.42. The molecule has 0 amide bonds. The lowest BCUT2D eigenvalue weighted by Crippen LogP contribution is -2.38. The van der Waals surface area contributed by atoms with Gasteiger partial charge in [-0.2, -0.15) is 0 Å². The molecule has 0 aliphatic heterocycles. The predicted octanol–water partition coefficient (Wildman–Crippen LogP) is 2.85. The normalized spacial score (nSPS) is 18.9. The summed E-state index contributed by atoms with van der Waals surface area (Å²) >= 11 is 0. The molecule has 0 bridgehead atoms. The van der Waals surface area contributed by atoms with Crippen LogP contribution >= 0.6 is 0 Å². The number of fused-ring (bicyclic) bond motifs is 1. The van der Waals surface area contributed by atoms with Crippen LogP contribution in [0.2, 0.25) is 0 Å². The number of aliphatic carboxylic acids is 1. The molecule has 3 rings (SSSR count). The van der Waals surface area contributed by atoms with Gasteiger partial charge in [-0.05, 0) is 24.5 Å². The fourth-order valence-corrected chi connectivity index (χ4v) is 3.11. The minimum absolute atomic E-state index is 0.710. The molecule has 1 aliphatic rings. The van der Waals surface area contributed by atoms with Gasteiger partial charge in [-0.25, -0.2) is 4.98 Å². The van der Waals surface area contributed by atoms with Gasteiger partial charge in [0.2, 0.25) is 0 Å². The Morgan fingerprint density at radius 2 is 2.06 bits per heavy atom. The van der Waals surface area contributed by atoms with Crippen LogP contribution in [0.5, 0.6) is 0 Å². The average molecular weight is 244 g/mol. The maximum absolute atomic E-state index is 11.8. The molecule has 0 atom stereocenters. The largest absolute Gasteiger partial charge is 0.481 e. The van der Waals surface area contributed by atoms with E-state index in [-0.39, 0.29) is 0 Å². The summed E-state index contributed by atoms with van der Waals surface area (Å²) in [7, 11) is 0. The van der Waals surface area contributed by atoms with Crippen molar-refractivity contribution in [2.24, 2.45) is 0 Å². The summed E-state index contributed by atoms with van der Waals surface area (Å²) in [6, 6.07) is 5.77. The van der Waals surface area contributed by atoms with E-state index < -0.39 is 11.4 Å². The molecule has 0 saturated heterocycles. The van der Waals surface area contributed by atoms with Crippen LogP contribution in [0.1, 0.15) is 37.7 Å². The number of para-hydroxylation sites is 1. The van der Waals surface area contributed by atoms with Crippen molar-refractivity contribution >= 4 is 17.0 Å². The van der Waals surface area contributed by atoms with Gasteiger partial charge in [-0.1, -0.05) is 31.4 Å². The first-order valence-electron chi connectivity index (χ1n) is 6.40. The fraction of sp³-hybridized carbons (Fsp3) is 0.429. The van der Waals surface area contributed by atoms with Crippen LogP contribution in [0.15, 0.2) is 24.5 Å². The highest BCUT2D eigenvalue weighted by atomic mass is 16.4. The summed E-state index contributed by atoms with van der Waals surface area (Å²) in [4.78, 5) is 19.2. The third kappa shape index (κ3) is 1.52. The van der Waals surface area contributed by atoms with Gasteiger partial charge in [0.05, 0.1) is 22.8 Å². The number of aromatic nitrogens is 2. The first kappa shape index (κ1) is 11.3. The molecule has 0 spiro atoms. The molecular weight excluding hydrogens is 228 g/mol. The summed E-state index contributed by atoms with van der Waals surface area (Å²) in [5, 5.41) is 9.70. The summed E-state index contributed by atoms with van der Waals surface area (Å²) in [5.74, 6) is -0.710. The number of carbonyl (C=O) groups is 1. The lowest BCUT2D eigenvalue weighted by atomic mass is 9.69. The minimum atomic E-state index is -0.743. The van der Waals surface area contributed by atoms with E-state index in [1.807, 2.05) is 18.2 Å². The van der Waals surface area contributed by atoms with Gasteiger partial charge >= 0.3 is 5.97 Å². The van der Waals surface area contributed by atoms with E-state index in [0.29, 0.717) is 12.8 Å². The molecule has 4 heteroatoms. The summed E-state index contributed by atoms with van der Waals surface area (Å²) in [5.41, 5.74) is 1.85. The Balaban J connectivity index is 2.20. The zero-order chi connectivity index (χ0) is 12.6. The molecular formula is C14H16N2O2. The number of benzene rings is 1. The number of carboxylic acid groups (broad SMARTS) is 1. The molecule has 18 heavy (non-hydrogen) atoms.